The third-order valence-corrected chi connectivity index (χ3v) is 15.6. The Morgan fingerprint density at radius 1 is 0.848 bits per heavy atom. The highest BCUT2D eigenvalue weighted by atomic mass is 16.7. The lowest BCUT2D eigenvalue weighted by atomic mass is 9.32. The van der Waals surface area contributed by atoms with E-state index in [1.165, 1.54) is 5.57 Å². The largest absolute Gasteiger partial charge is 0.396 e. The Kier molecular flexibility index (Phi) is 8.77. The van der Waals surface area contributed by atoms with Gasteiger partial charge in [-0.2, -0.15) is 0 Å². The van der Waals surface area contributed by atoms with Gasteiger partial charge in [-0.05, 0) is 91.8 Å². The zero-order valence-electron chi connectivity index (χ0n) is 29.4. The number of allylic oxidation sites excluding steroid dienone is 1. The Morgan fingerprint density at radius 3 is 2.17 bits per heavy atom. The van der Waals surface area contributed by atoms with Gasteiger partial charge in [-0.3, -0.25) is 0 Å². The van der Waals surface area contributed by atoms with Crippen LogP contribution in [0.1, 0.15) is 99.8 Å². The fourth-order valence-electron chi connectivity index (χ4n) is 12.5. The minimum atomic E-state index is -1.40. The average Bonchev–Trinajstić information content (AvgIpc) is 3.00. The fourth-order valence-corrected chi connectivity index (χ4v) is 12.5. The molecule has 5 fully saturated rings. The first-order valence-corrected chi connectivity index (χ1v) is 17.9. The van der Waals surface area contributed by atoms with Crippen molar-refractivity contribution in [3.05, 3.63) is 11.6 Å². The van der Waals surface area contributed by atoms with Gasteiger partial charge in [0.1, 0.15) is 18.3 Å². The summed E-state index contributed by atoms with van der Waals surface area (Å²) in [5.74, 6) is 0.273. The second-order valence-electron chi connectivity index (χ2n) is 18.2. The first kappa shape index (κ1) is 35.2. The minimum Gasteiger partial charge on any atom is -0.396 e. The molecule has 9 nitrogen and oxygen atoms in total. The van der Waals surface area contributed by atoms with Gasteiger partial charge in [-0.25, -0.2) is 0 Å². The lowest BCUT2D eigenvalue weighted by Crippen LogP contribution is -2.70. The maximum atomic E-state index is 12.0. The Balaban J connectivity index is 1.38. The molecule has 264 valence electrons. The number of ether oxygens (including phenoxy) is 3. The van der Waals surface area contributed by atoms with E-state index in [1.807, 2.05) is 7.11 Å². The Bertz CT molecular complexity index is 1190. The topological polar surface area (TPSA) is 149 Å². The van der Waals surface area contributed by atoms with Gasteiger partial charge < -0.3 is 44.8 Å². The van der Waals surface area contributed by atoms with E-state index in [2.05, 4.69) is 47.6 Å². The minimum absolute atomic E-state index is 0.00959. The highest BCUT2D eigenvalue weighted by Crippen LogP contribution is 2.76. The molecule has 0 aromatic heterocycles. The number of rotatable bonds is 5. The molecule has 16 atom stereocenters. The molecule has 0 aromatic carbocycles. The summed E-state index contributed by atoms with van der Waals surface area (Å²) in [7, 11) is 1.81. The molecule has 6 N–H and O–H groups in total. The van der Waals surface area contributed by atoms with Crippen LogP contribution in [0, 0.1) is 50.2 Å². The maximum Gasteiger partial charge on any atom is 0.186 e. The van der Waals surface area contributed by atoms with Crippen molar-refractivity contribution in [2.75, 3.05) is 20.3 Å². The molecule has 0 bridgehead atoms. The molecular weight excluding hydrogens is 588 g/mol. The molecule has 6 rings (SSSR count). The summed E-state index contributed by atoms with van der Waals surface area (Å²) in [6.07, 6.45) is 2.00. The first-order chi connectivity index (χ1) is 21.4. The molecule has 5 aliphatic carbocycles. The second-order valence-corrected chi connectivity index (χ2v) is 18.2. The second kappa shape index (κ2) is 11.5. The highest BCUT2D eigenvalue weighted by molar-refractivity contribution is 5.37. The highest BCUT2D eigenvalue weighted by Gasteiger charge is 2.72. The standard InChI is InChI=1S/C37H62O9/c1-20-27(41)28(42)29(43)31(45-20)46-26-10-11-33(4)24(34(26,5)18-38)9-12-35(6)30(33)23(44-8)15-21-22-16-32(2,3)13-14-37(22,19-39)25(40)17-36(21,35)7/h15,20,22-31,38-43H,9-14,16-19H2,1-8H3. The number of aliphatic hydroxyl groups is 6. The van der Waals surface area contributed by atoms with Crippen LogP contribution in [0.3, 0.4) is 0 Å². The number of methoxy groups -OCH3 is 1. The van der Waals surface area contributed by atoms with Crippen molar-refractivity contribution in [2.24, 2.45) is 50.2 Å². The predicted octanol–water partition coefficient (Wildman–Crippen LogP) is 3.56. The lowest BCUT2D eigenvalue weighted by molar-refractivity contribution is -0.330. The number of hydrogen-bond acceptors (Lipinski definition) is 9. The van der Waals surface area contributed by atoms with E-state index in [4.69, 9.17) is 14.2 Å². The van der Waals surface area contributed by atoms with Crippen LogP contribution in [0.4, 0.5) is 0 Å². The van der Waals surface area contributed by atoms with E-state index in [9.17, 15) is 30.6 Å². The van der Waals surface area contributed by atoms with E-state index in [0.717, 1.165) is 38.5 Å². The van der Waals surface area contributed by atoms with Crippen molar-refractivity contribution < 1.29 is 44.8 Å². The van der Waals surface area contributed by atoms with Gasteiger partial charge in [0.25, 0.3) is 0 Å². The summed E-state index contributed by atoms with van der Waals surface area (Å²) in [5, 5.41) is 65.5. The van der Waals surface area contributed by atoms with Crippen molar-refractivity contribution in [1.82, 2.24) is 0 Å². The lowest BCUT2D eigenvalue weighted by Gasteiger charge is -2.73. The van der Waals surface area contributed by atoms with Gasteiger partial charge in [0.05, 0.1) is 37.6 Å². The van der Waals surface area contributed by atoms with Crippen LogP contribution >= 0.6 is 0 Å². The van der Waals surface area contributed by atoms with Gasteiger partial charge in [0, 0.05) is 23.9 Å². The van der Waals surface area contributed by atoms with Crippen molar-refractivity contribution in [2.45, 2.75) is 149 Å². The van der Waals surface area contributed by atoms with Crippen LogP contribution in [0.15, 0.2) is 11.6 Å². The number of fused-ring (bicyclic) bond motifs is 7. The summed E-state index contributed by atoms with van der Waals surface area (Å²) in [4.78, 5) is 0. The molecule has 46 heavy (non-hydrogen) atoms. The summed E-state index contributed by atoms with van der Waals surface area (Å²) in [6, 6.07) is 0. The van der Waals surface area contributed by atoms with Crippen molar-refractivity contribution in [1.29, 1.82) is 0 Å². The van der Waals surface area contributed by atoms with Crippen LogP contribution in [0.25, 0.3) is 0 Å². The molecule has 1 heterocycles. The van der Waals surface area contributed by atoms with Crippen LogP contribution < -0.4 is 0 Å². The molecular formula is C37H62O9. The predicted molar refractivity (Wildman–Crippen MR) is 172 cm³/mol. The third-order valence-electron chi connectivity index (χ3n) is 15.6. The quantitative estimate of drug-likeness (QED) is 0.194. The normalized spacial score (nSPS) is 56.6. The molecule has 0 amide bonds. The number of hydrogen-bond donors (Lipinski definition) is 6. The van der Waals surface area contributed by atoms with Crippen molar-refractivity contribution in [3.63, 3.8) is 0 Å². The summed E-state index contributed by atoms with van der Waals surface area (Å²) in [6.45, 7) is 15.4. The molecule has 1 saturated heterocycles. The van der Waals surface area contributed by atoms with Gasteiger partial charge >= 0.3 is 0 Å². The zero-order chi connectivity index (χ0) is 33.8. The number of aliphatic hydroxyl groups excluding tert-OH is 6. The molecule has 1 aliphatic heterocycles. The van der Waals surface area contributed by atoms with Crippen LogP contribution in [-0.2, 0) is 14.2 Å². The summed E-state index contributed by atoms with van der Waals surface area (Å²) in [5.41, 5.74) is -0.407. The van der Waals surface area contributed by atoms with E-state index in [0.29, 0.717) is 12.8 Å². The van der Waals surface area contributed by atoms with Crippen LogP contribution in [0.5, 0.6) is 0 Å². The molecule has 4 saturated carbocycles. The fraction of sp³-hybridized carbons (Fsp3) is 0.946. The molecule has 0 radical (unpaired) electrons. The molecule has 16 unspecified atom stereocenters. The van der Waals surface area contributed by atoms with Crippen molar-refractivity contribution in [3.8, 4) is 0 Å². The Morgan fingerprint density at radius 2 is 1.54 bits per heavy atom. The van der Waals surface area contributed by atoms with Crippen LogP contribution in [0.2, 0.25) is 0 Å². The summed E-state index contributed by atoms with van der Waals surface area (Å²) < 4.78 is 18.8. The monoisotopic (exact) mass is 650 g/mol. The smallest absolute Gasteiger partial charge is 0.186 e. The maximum absolute atomic E-state index is 12.0. The van der Waals surface area contributed by atoms with E-state index < -0.39 is 53.7 Å². The average molecular weight is 651 g/mol. The first-order valence-electron chi connectivity index (χ1n) is 17.9. The van der Waals surface area contributed by atoms with E-state index >= 15 is 0 Å². The van der Waals surface area contributed by atoms with Gasteiger partial charge in [0.15, 0.2) is 6.29 Å². The third kappa shape index (κ3) is 4.65. The van der Waals surface area contributed by atoms with Gasteiger partial charge in [-0.15, -0.1) is 0 Å². The van der Waals surface area contributed by atoms with Crippen LogP contribution in [-0.4, -0.2) is 100.0 Å². The Labute approximate surface area is 275 Å². The van der Waals surface area contributed by atoms with Crippen molar-refractivity contribution >= 4 is 0 Å². The zero-order valence-corrected chi connectivity index (χ0v) is 29.4. The van der Waals surface area contributed by atoms with Gasteiger partial charge in [0.2, 0.25) is 0 Å². The summed E-state index contributed by atoms with van der Waals surface area (Å²) >= 11 is 0. The van der Waals surface area contributed by atoms with E-state index in [-0.39, 0.29) is 58.7 Å². The molecule has 0 aromatic rings. The SMILES string of the molecule is COC1C=C2C3CC(C)(C)CCC3(CO)C(O)CC2(C)C2(C)CCC3C(C)(CO)C(OC4OC(C)C(O)C(O)C4O)CCC3(C)C12. The van der Waals surface area contributed by atoms with Gasteiger partial charge in [-0.1, -0.05) is 53.2 Å². The molecule has 9 heteroatoms. The Hall–Kier alpha value is -0.620. The molecule has 6 aliphatic rings. The molecule has 0 spiro atoms. The van der Waals surface area contributed by atoms with E-state index in [1.54, 1.807) is 6.92 Å².